The molecule has 0 heterocycles. The van der Waals surface area contributed by atoms with Crippen molar-refractivity contribution in [3.8, 4) is 47.5 Å². The lowest BCUT2D eigenvalue weighted by Gasteiger charge is -2.15. The molecule has 0 saturated heterocycles. The van der Waals surface area contributed by atoms with Crippen molar-refractivity contribution in [1.29, 1.82) is 0 Å². The first-order valence-electron chi connectivity index (χ1n) is 34.0. The van der Waals surface area contributed by atoms with Crippen LogP contribution in [-0.4, -0.2) is 27.9 Å². The zero-order valence-electron chi connectivity index (χ0n) is 63.9. The van der Waals surface area contributed by atoms with Crippen LogP contribution in [0.25, 0.3) is 0 Å². The van der Waals surface area contributed by atoms with Crippen LogP contribution >= 0.6 is 57.4 Å². The minimum absolute atomic E-state index is 0.0920. The van der Waals surface area contributed by atoms with E-state index < -0.39 is 34.8 Å². The van der Waals surface area contributed by atoms with Gasteiger partial charge in [0, 0.05) is 31.5 Å². The van der Waals surface area contributed by atoms with Crippen molar-refractivity contribution in [2.45, 2.75) is 217 Å². The standard InChI is InChI=1S/C13H16.C12H13F.C12H14.C11H14F2O.C10H11ClF2O.C10H10F3I.C10H14O2S.C9H10Cl2/c1-5-6-12-7-8-13(10(2)3)11(4)9-12;1-4-5-10-6-7-11(9(2)3)12(13)8-10;1-5-11-6-7-12(9(2)3)10(4)8-11;1-7(2)10-5-4-9(6-8(10)3)14-11(12)13;1-6(2)8-4-3-7(5-9(8)11)14-10(12)13;1-6(2)8-4-3-7(14)5-9(8)10(11,12)13;1-8(2)9-4-6-10(7-5-9)13(3,11)12;1-6(2)7-4-3-5-8(10)9(7)11/h7-10H,1-4H3;6-9H,1-3H3;1,6-9H,2-4H3;4-7,11H,1-3H3;3-6,10H,1-2H3;3-6H,1-2H3;4-8H,1-3H3;3-6H,1-2H3. The molecule has 0 aliphatic carbocycles. The third-order valence-electron chi connectivity index (χ3n) is 15.5. The third-order valence-corrected chi connectivity index (χ3v) is 18.5. The normalized spacial score (nSPS) is 10.8. The summed E-state index contributed by atoms with van der Waals surface area (Å²) in [6.07, 6.45) is 2.27. The van der Waals surface area contributed by atoms with Gasteiger partial charge in [-0.25, -0.2) is 12.8 Å². The third kappa shape index (κ3) is 35.0. The molecule has 8 rings (SSSR count). The van der Waals surface area contributed by atoms with Crippen LogP contribution in [0.3, 0.4) is 0 Å². The Hall–Kier alpha value is -6.97. The SMILES string of the molecule is C#Cc1ccc(C(C)C)c(C)c1.CC#Cc1ccc(C(C)C)c(C)c1.CC#Cc1ccc(C(C)C)c(F)c1.CC(C)c1ccc(I)cc1C(F)(F)F.CC(C)c1ccc(OC(F)F)cc1Cl.CC(C)c1ccc(S(C)(=O)=O)cc1.CC(C)c1cccc(Cl)c1Cl.Cc1cc(OC(F)F)ccc1C(C)C. The Labute approximate surface area is 645 Å². The molecule has 0 fully saturated rings. The van der Waals surface area contributed by atoms with Crippen molar-refractivity contribution in [2.75, 3.05) is 6.26 Å². The summed E-state index contributed by atoms with van der Waals surface area (Å²) in [6.45, 7) is 36.9. The summed E-state index contributed by atoms with van der Waals surface area (Å²) in [6, 6.07) is 44.6. The lowest BCUT2D eigenvalue weighted by atomic mass is 9.96. The monoisotopic (exact) mass is 1630 g/mol. The summed E-state index contributed by atoms with van der Waals surface area (Å²) < 4.78 is 130. The van der Waals surface area contributed by atoms with E-state index >= 15 is 0 Å². The molecule has 0 atom stereocenters. The smallest absolute Gasteiger partial charge is 0.416 e. The van der Waals surface area contributed by atoms with E-state index in [2.05, 4.69) is 152 Å². The van der Waals surface area contributed by atoms with Crippen molar-refractivity contribution in [3.63, 3.8) is 0 Å². The van der Waals surface area contributed by atoms with Crippen LogP contribution < -0.4 is 9.47 Å². The van der Waals surface area contributed by atoms with Crippen LogP contribution in [0.15, 0.2) is 157 Å². The van der Waals surface area contributed by atoms with Crippen LogP contribution in [0.2, 0.25) is 15.1 Å². The van der Waals surface area contributed by atoms with Crippen molar-refractivity contribution >= 4 is 67.2 Å². The summed E-state index contributed by atoms with van der Waals surface area (Å²) in [7, 11) is -3.05. The molecule has 0 aliphatic rings. The van der Waals surface area contributed by atoms with Gasteiger partial charge in [0.05, 0.1) is 20.5 Å². The van der Waals surface area contributed by atoms with Crippen LogP contribution in [-0.2, 0) is 16.0 Å². The van der Waals surface area contributed by atoms with E-state index in [0.29, 0.717) is 58.7 Å². The molecule has 0 aromatic heterocycles. The molecule has 564 valence electrons. The summed E-state index contributed by atoms with van der Waals surface area (Å²) >= 11 is 19.6. The highest BCUT2D eigenvalue weighted by atomic mass is 127. The maximum Gasteiger partial charge on any atom is 0.416 e. The zero-order valence-corrected chi connectivity index (χ0v) is 69.1. The molecule has 0 aliphatic heterocycles. The first-order chi connectivity index (χ1) is 48.3. The number of halogens is 12. The van der Waals surface area contributed by atoms with Gasteiger partial charge >= 0.3 is 19.4 Å². The molecule has 104 heavy (non-hydrogen) atoms. The molecular formula is C87H102Cl3F8IO4S. The maximum atomic E-state index is 13.4. The molecule has 8 aromatic carbocycles. The number of ether oxygens (including phenoxy) is 2. The number of benzene rings is 8. The van der Waals surface area contributed by atoms with Crippen LogP contribution in [0.5, 0.6) is 11.5 Å². The van der Waals surface area contributed by atoms with Gasteiger partial charge in [-0.15, -0.1) is 18.3 Å². The molecule has 0 bridgehead atoms. The molecule has 17 heteroatoms. The largest absolute Gasteiger partial charge is 0.435 e. The van der Waals surface area contributed by atoms with Gasteiger partial charge in [0.15, 0.2) is 9.84 Å². The number of hydrogen-bond donors (Lipinski definition) is 0. The first kappa shape index (κ1) is 95.0. The van der Waals surface area contributed by atoms with E-state index in [1.807, 2.05) is 107 Å². The quantitative estimate of drug-likeness (QED) is 0.0656. The Morgan fingerprint density at radius 3 is 1.18 bits per heavy atom. The minimum Gasteiger partial charge on any atom is -0.435 e. The van der Waals surface area contributed by atoms with E-state index in [4.69, 9.17) is 41.2 Å². The zero-order chi connectivity index (χ0) is 79.7. The summed E-state index contributed by atoms with van der Waals surface area (Å²) in [5, 5.41) is 1.78. The number of sulfone groups is 1. The van der Waals surface area contributed by atoms with E-state index in [0.717, 1.165) is 50.1 Å². The Morgan fingerprint density at radius 2 is 0.827 bits per heavy atom. The Balaban J connectivity index is 0.000000595. The fraction of sp³-hybridized carbons (Fsp3) is 0.379. The van der Waals surface area contributed by atoms with Crippen molar-refractivity contribution < 1.29 is 53.0 Å². The van der Waals surface area contributed by atoms with Gasteiger partial charge in [-0.05, 0) is 257 Å². The topological polar surface area (TPSA) is 52.6 Å². The lowest BCUT2D eigenvalue weighted by molar-refractivity contribution is -0.138. The molecule has 0 amide bonds. The molecule has 0 saturated carbocycles. The summed E-state index contributed by atoms with van der Waals surface area (Å²) in [5.41, 5.74) is 14.2. The van der Waals surface area contributed by atoms with Gasteiger partial charge in [-0.2, -0.15) is 30.7 Å². The highest BCUT2D eigenvalue weighted by Gasteiger charge is 2.34. The molecule has 0 N–H and O–H groups in total. The predicted molar refractivity (Wildman–Crippen MR) is 431 cm³/mol. The number of aryl methyl sites for hydroxylation is 3. The molecule has 0 radical (unpaired) electrons. The van der Waals surface area contributed by atoms with Gasteiger partial charge < -0.3 is 9.47 Å². The Kier molecular flexibility index (Phi) is 42.8. The van der Waals surface area contributed by atoms with Crippen LogP contribution in [0.4, 0.5) is 35.1 Å². The van der Waals surface area contributed by atoms with E-state index in [1.165, 1.54) is 52.8 Å². The van der Waals surface area contributed by atoms with Gasteiger partial charge in [0.1, 0.15) is 17.3 Å². The molecular weight excluding hydrogens is 1530 g/mol. The second-order valence-electron chi connectivity index (χ2n) is 26.7. The Morgan fingerprint density at radius 1 is 0.442 bits per heavy atom. The molecule has 4 nitrogen and oxygen atoms in total. The average Bonchev–Trinajstić information content (AvgIpc) is 0.813. The van der Waals surface area contributed by atoms with Gasteiger partial charge in [0.2, 0.25) is 0 Å². The van der Waals surface area contributed by atoms with Crippen LogP contribution in [0.1, 0.15) is 255 Å². The summed E-state index contributed by atoms with van der Waals surface area (Å²) in [5.74, 6) is 17.2. The van der Waals surface area contributed by atoms with Crippen molar-refractivity contribution in [1.82, 2.24) is 0 Å². The van der Waals surface area contributed by atoms with E-state index in [-0.39, 0.29) is 35.1 Å². The number of hydrogen-bond acceptors (Lipinski definition) is 4. The highest BCUT2D eigenvalue weighted by Crippen LogP contribution is 2.37. The number of terminal acetylenes is 1. The molecule has 8 aromatic rings. The highest BCUT2D eigenvalue weighted by molar-refractivity contribution is 14.1. The van der Waals surface area contributed by atoms with Crippen molar-refractivity contribution in [2.24, 2.45) is 0 Å². The first-order valence-corrected chi connectivity index (χ1v) is 38.1. The maximum absolute atomic E-state index is 13.4. The second kappa shape index (κ2) is 46.9. The summed E-state index contributed by atoms with van der Waals surface area (Å²) in [4.78, 5) is 0.386. The fourth-order valence-corrected chi connectivity index (χ4v) is 12.2. The molecule has 0 unspecified atom stereocenters. The van der Waals surface area contributed by atoms with Gasteiger partial charge in [0.25, 0.3) is 0 Å². The minimum atomic E-state index is -4.25. The van der Waals surface area contributed by atoms with Crippen LogP contribution in [0, 0.1) is 66.2 Å². The predicted octanol–water partition coefficient (Wildman–Crippen LogP) is 28.5. The number of alkyl halides is 7. The second-order valence-corrected chi connectivity index (χ2v) is 31.1. The average molecular weight is 1630 g/mol. The Bertz CT molecular complexity index is 4110. The van der Waals surface area contributed by atoms with Gasteiger partial charge in [-0.3, -0.25) is 0 Å². The van der Waals surface area contributed by atoms with Gasteiger partial charge in [-0.1, -0.05) is 224 Å². The van der Waals surface area contributed by atoms with E-state index in [1.54, 1.807) is 75.4 Å². The lowest BCUT2D eigenvalue weighted by Crippen LogP contribution is -2.10. The van der Waals surface area contributed by atoms with Crippen molar-refractivity contribution in [3.05, 3.63) is 260 Å². The number of rotatable bonds is 13. The van der Waals surface area contributed by atoms with E-state index in [9.17, 15) is 43.5 Å². The fourth-order valence-electron chi connectivity index (χ4n) is 10.1. The molecule has 0 spiro atoms.